The van der Waals surface area contributed by atoms with Gasteiger partial charge in [-0.05, 0) is 6.92 Å². The average molecular weight is 292 g/mol. The molecule has 0 aliphatic rings. The Hall–Kier alpha value is -2.65. The number of hydrogen-bond acceptors (Lipinski definition) is 7. The zero-order valence-corrected chi connectivity index (χ0v) is 10.3. The molecule has 0 saturated carbocycles. The number of hydrogen-bond donors (Lipinski definition) is 3. The maximum absolute atomic E-state index is 11.5. The van der Waals surface area contributed by atoms with Crippen molar-refractivity contribution in [1.82, 2.24) is 0 Å². The lowest BCUT2D eigenvalue weighted by Crippen LogP contribution is -2.48. The molecule has 0 fully saturated rings. The molecule has 10 heteroatoms. The van der Waals surface area contributed by atoms with Gasteiger partial charge in [-0.2, -0.15) is 0 Å². The molecule has 1 atom stereocenters. The summed E-state index contributed by atoms with van der Waals surface area (Å²) in [6.07, 6.45) is -4.02. The van der Waals surface area contributed by atoms with Crippen molar-refractivity contribution in [1.29, 1.82) is 0 Å². The van der Waals surface area contributed by atoms with Gasteiger partial charge >= 0.3 is 23.9 Å². The lowest BCUT2D eigenvalue weighted by atomic mass is 9.95. The molecule has 0 amide bonds. The molecule has 20 heavy (non-hydrogen) atoms. The van der Waals surface area contributed by atoms with Crippen LogP contribution in [0.15, 0.2) is 0 Å². The molecule has 0 saturated heterocycles. The maximum atomic E-state index is 11.5. The summed E-state index contributed by atoms with van der Waals surface area (Å²) in [6.45, 7) is 0.952. The normalized spacial score (nSPS) is 12.1. The second-order valence-corrected chi connectivity index (χ2v) is 3.74. The molecular formula is C10H12O10. The Morgan fingerprint density at radius 3 is 1.85 bits per heavy atom. The Bertz CT molecular complexity index is 410. The third-order valence-corrected chi connectivity index (χ3v) is 2.15. The Morgan fingerprint density at radius 2 is 1.55 bits per heavy atom. The molecule has 0 heterocycles. The summed E-state index contributed by atoms with van der Waals surface area (Å²) in [5, 5.41) is 26.2. The van der Waals surface area contributed by atoms with Crippen LogP contribution in [0.4, 0.5) is 0 Å². The second kappa shape index (κ2) is 7.07. The summed E-state index contributed by atoms with van der Waals surface area (Å²) in [5.41, 5.74) is -2.78. The molecule has 0 spiro atoms. The average Bonchev–Trinajstić information content (AvgIpc) is 2.26. The first kappa shape index (κ1) is 17.4. The van der Waals surface area contributed by atoms with Crippen molar-refractivity contribution < 1.29 is 48.8 Å². The maximum Gasteiger partial charge on any atom is 0.349 e. The molecule has 0 aromatic carbocycles. The Balaban J connectivity index is 5.32. The summed E-state index contributed by atoms with van der Waals surface area (Å²) in [4.78, 5) is 53.9. The van der Waals surface area contributed by atoms with Gasteiger partial charge in [0.1, 0.15) is 0 Å². The highest BCUT2D eigenvalue weighted by Gasteiger charge is 2.48. The molecule has 0 aliphatic carbocycles. The van der Waals surface area contributed by atoms with Crippen molar-refractivity contribution in [3.63, 3.8) is 0 Å². The number of carbonyl (C=O) groups excluding carboxylic acids is 2. The van der Waals surface area contributed by atoms with E-state index in [9.17, 15) is 24.0 Å². The number of carboxylic acid groups (broad SMARTS) is 3. The molecule has 0 aromatic heterocycles. The summed E-state index contributed by atoms with van der Waals surface area (Å²) in [5.74, 6) is -6.66. The fraction of sp³-hybridized carbons (Fsp3) is 0.500. The summed E-state index contributed by atoms with van der Waals surface area (Å²) in [6, 6.07) is 0. The minimum absolute atomic E-state index is 0.0945. The fourth-order valence-electron chi connectivity index (χ4n) is 1.23. The van der Waals surface area contributed by atoms with Crippen LogP contribution in [0.2, 0.25) is 0 Å². The van der Waals surface area contributed by atoms with E-state index in [-0.39, 0.29) is 6.47 Å². The molecule has 3 N–H and O–H groups in total. The predicted molar refractivity (Wildman–Crippen MR) is 57.6 cm³/mol. The highest BCUT2D eigenvalue weighted by atomic mass is 16.6. The minimum atomic E-state index is -2.78. The van der Waals surface area contributed by atoms with Crippen LogP contribution in [0.25, 0.3) is 0 Å². The fourth-order valence-corrected chi connectivity index (χ4v) is 1.23. The zero-order valence-electron chi connectivity index (χ0n) is 10.3. The molecule has 0 aromatic rings. The largest absolute Gasteiger partial charge is 0.481 e. The molecule has 0 radical (unpaired) electrons. The first-order valence-corrected chi connectivity index (χ1v) is 5.13. The minimum Gasteiger partial charge on any atom is -0.481 e. The number of esters is 1. The van der Waals surface area contributed by atoms with E-state index in [0.29, 0.717) is 0 Å². The van der Waals surface area contributed by atoms with Crippen molar-refractivity contribution in [3.05, 3.63) is 0 Å². The first-order valence-electron chi connectivity index (χ1n) is 5.13. The third kappa shape index (κ3) is 4.92. The molecule has 0 aliphatic heterocycles. The van der Waals surface area contributed by atoms with Gasteiger partial charge in [-0.25, -0.2) is 9.59 Å². The molecular weight excluding hydrogens is 280 g/mol. The molecule has 0 bridgehead atoms. The number of aliphatic carboxylic acids is 3. The highest BCUT2D eigenvalue weighted by Crippen LogP contribution is 2.23. The lowest BCUT2D eigenvalue weighted by molar-refractivity contribution is -0.192. The van der Waals surface area contributed by atoms with Crippen molar-refractivity contribution in [2.75, 3.05) is 0 Å². The van der Waals surface area contributed by atoms with Crippen LogP contribution in [-0.4, -0.2) is 57.4 Å². The van der Waals surface area contributed by atoms with E-state index >= 15 is 0 Å². The monoisotopic (exact) mass is 292 g/mol. The number of carbonyl (C=O) groups is 5. The topological polar surface area (TPSA) is 165 Å². The van der Waals surface area contributed by atoms with Crippen molar-refractivity contribution >= 4 is 30.3 Å². The van der Waals surface area contributed by atoms with Crippen LogP contribution >= 0.6 is 0 Å². The van der Waals surface area contributed by atoms with Gasteiger partial charge in [-0.3, -0.25) is 14.4 Å². The smallest absolute Gasteiger partial charge is 0.349 e. The van der Waals surface area contributed by atoms with Gasteiger partial charge in [0.05, 0.1) is 12.8 Å². The lowest BCUT2D eigenvalue weighted by Gasteiger charge is -2.27. The molecule has 1 unspecified atom stereocenters. The van der Waals surface area contributed by atoms with Gasteiger partial charge in [0.25, 0.3) is 6.47 Å². The predicted octanol–water partition coefficient (Wildman–Crippen LogP) is -1.14. The zero-order chi connectivity index (χ0) is 15.9. The number of carboxylic acids is 3. The van der Waals surface area contributed by atoms with Gasteiger partial charge in [0.2, 0.25) is 5.60 Å². The standard InChI is InChI=1S/C10H12O10/c1-5(19-4-11)8(16)20-10(9(17)18,2-6(12)13)3-7(14)15/h4-5H,2-3H2,1H3,(H,12,13)(H,14,15)(H,17,18). The summed E-state index contributed by atoms with van der Waals surface area (Å²) in [7, 11) is 0. The third-order valence-electron chi connectivity index (χ3n) is 2.15. The number of rotatable bonds is 9. The van der Waals surface area contributed by atoms with E-state index < -0.39 is 48.4 Å². The van der Waals surface area contributed by atoms with Crippen LogP contribution in [0, 0.1) is 0 Å². The quantitative estimate of drug-likeness (QED) is 0.349. The Kier molecular flexibility index (Phi) is 6.13. The van der Waals surface area contributed by atoms with Crippen LogP contribution < -0.4 is 0 Å². The van der Waals surface area contributed by atoms with Gasteiger partial charge in [-0.15, -0.1) is 0 Å². The van der Waals surface area contributed by atoms with E-state index in [4.69, 9.17) is 15.3 Å². The van der Waals surface area contributed by atoms with E-state index in [1.165, 1.54) is 0 Å². The summed E-state index contributed by atoms with van der Waals surface area (Å²) < 4.78 is 8.65. The van der Waals surface area contributed by atoms with Gasteiger partial charge in [-0.1, -0.05) is 0 Å². The Labute approximate surface area is 111 Å². The van der Waals surface area contributed by atoms with E-state index in [0.717, 1.165) is 6.92 Å². The van der Waals surface area contributed by atoms with Crippen LogP contribution in [-0.2, 0) is 33.4 Å². The molecule has 0 rings (SSSR count). The highest BCUT2D eigenvalue weighted by molar-refractivity contribution is 5.91. The van der Waals surface area contributed by atoms with E-state index in [1.54, 1.807) is 0 Å². The summed E-state index contributed by atoms with van der Waals surface area (Å²) >= 11 is 0. The van der Waals surface area contributed by atoms with E-state index in [2.05, 4.69) is 9.47 Å². The van der Waals surface area contributed by atoms with Crippen LogP contribution in [0.1, 0.15) is 19.8 Å². The van der Waals surface area contributed by atoms with Gasteiger partial charge < -0.3 is 24.8 Å². The molecule has 10 nitrogen and oxygen atoms in total. The van der Waals surface area contributed by atoms with Gasteiger partial charge in [0.15, 0.2) is 6.10 Å². The first-order chi connectivity index (χ1) is 9.14. The number of ether oxygens (including phenoxy) is 2. The SMILES string of the molecule is CC(OC=O)C(=O)OC(CC(=O)O)(CC(=O)O)C(=O)O. The molecule has 112 valence electrons. The Morgan fingerprint density at radius 1 is 1.10 bits per heavy atom. The van der Waals surface area contributed by atoms with Crippen molar-refractivity contribution in [2.45, 2.75) is 31.5 Å². The second-order valence-electron chi connectivity index (χ2n) is 3.74. The van der Waals surface area contributed by atoms with Crippen molar-refractivity contribution in [3.8, 4) is 0 Å². The van der Waals surface area contributed by atoms with Crippen LogP contribution in [0.5, 0.6) is 0 Å². The van der Waals surface area contributed by atoms with Gasteiger partial charge in [0, 0.05) is 0 Å². The van der Waals surface area contributed by atoms with E-state index in [1.807, 2.05) is 0 Å². The van der Waals surface area contributed by atoms with Crippen LogP contribution in [0.3, 0.4) is 0 Å². The van der Waals surface area contributed by atoms with Crippen molar-refractivity contribution in [2.24, 2.45) is 0 Å².